The summed E-state index contributed by atoms with van der Waals surface area (Å²) >= 11 is 5.90. The Kier molecular flexibility index (Phi) is 2.80. The van der Waals surface area contributed by atoms with E-state index in [4.69, 9.17) is 21.8 Å². The zero-order chi connectivity index (χ0) is 10.8. The molecule has 0 amide bonds. The number of benzene rings is 1. The van der Waals surface area contributed by atoms with E-state index >= 15 is 0 Å². The van der Waals surface area contributed by atoms with Crippen molar-refractivity contribution in [3.8, 4) is 11.3 Å². The number of furan rings is 1. The Balaban J connectivity index is 2.37. The van der Waals surface area contributed by atoms with Crippen LogP contribution in [0.4, 0.5) is 0 Å². The Morgan fingerprint density at radius 3 is 2.67 bits per heavy atom. The van der Waals surface area contributed by atoms with Crippen LogP contribution in [0, 0.1) is 0 Å². The zero-order valence-electron chi connectivity index (χ0n) is 8.41. The van der Waals surface area contributed by atoms with Crippen LogP contribution in [0.1, 0.15) is 18.7 Å². The fourth-order valence-corrected chi connectivity index (χ4v) is 1.58. The molecule has 2 rings (SSSR count). The molecule has 0 fully saturated rings. The molecule has 0 aliphatic heterocycles. The van der Waals surface area contributed by atoms with Crippen molar-refractivity contribution in [2.75, 3.05) is 0 Å². The van der Waals surface area contributed by atoms with Crippen LogP contribution in [0.3, 0.4) is 0 Å². The van der Waals surface area contributed by atoms with Gasteiger partial charge in [0.25, 0.3) is 0 Å². The van der Waals surface area contributed by atoms with Gasteiger partial charge in [-0.3, -0.25) is 0 Å². The van der Waals surface area contributed by atoms with Gasteiger partial charge in [0.1, 0.15) is 11.5 Å². The minimum atomic E-state index is -0.0852. The molecule has 15 heavy (non-hydrogen) atoms. The molecular weight excluding hydrogens is 210 g/mol. The van der Waals surface area contributed by atoms with E-state index in [1.165, 1.54) is 0 Å². The van der Waals surface area contributed by atoms with Crippen molar-refractivity contribution in [2.24, 2.45) is 5.73 Å². The van der Waals surface area contributed by atoms with Crippen LogP contribution in [0.25, 0.3) is 11.3 Å². The lowest BCUT2D eigenvalue weighted by Gasteiger charge is -2.00. The molecule has 0 aliphatic carbocycles. The van der Waals surface area contributed by atoms with Gasteiger partial charge in [-0.15, -0.1) is 0 Å². The molecule has 0 radical (unpaired) electrons. The summed E-state index contributed by atoms with van der Waals surface area (Å²) in [7, 11) is 0. The zero-order valence-corrected chi connectivity index (χ0v) is 9.16. The van der Waals surface area contributed by atoms with Crippen LogP contribution in [0.5, 0.6) is 0 Å². The topological polar surface area (TPSA) is 39.2 Å². The van der Waals surface area contributed by atoms with Crippen LogP contribution in [-0.2, 0) is 0 Å². The summed E-state index contributed by atoms with van der Waals surface area (Å²) in [6, 6.07) is 11.3. The lowest BCUT2D eigenvalue weighted by molar-refractivity contribution is 0.491. The maximum atomic E-state index is 5.90. The highest BCUT2D eigenvalue weighted by Gasteiger charge is 2.07. The van der Waals surface area contributed by atoms with Gasteiger partial charge in [-0.05, 0) is 31.2 Å². The van der Waals surface area contributed by atoms with E-state index in [0.29, 0.717) is 5.02 Å². The van der Waals surface area contributed by atoms with Crippen molar-refractivity contribution in [3.05, 3.63) is 47.2 Å². The van der Waals surface area contributed by atoms with Crippen LogP contribution < -0.4 is 5.73 Å². The Bertz CT molecular complexity index is 462. The minimum Gasteiger partial charge on any atom is -0.459 e. The molecule has 2 N–H and O–H groups in total. The van der Waals surface area contributed by atoms with Gasteiger partial charge in [-0.25, -0.2) is 0 Å². The lowest BCUT2D eigenvalue weighted by Crippen LogP contribution is -2.02. The molecule has 0 saturated carbocycles. The Hall–Kier alpha value is -1.25. The van der Waals surface area contributed by atoms with Gasteiger partial charge < -0.3 is 10.2 Å². The largest absolute Gasteiger partial charge is 0.459 e. The molecule has 3 heteroatoms. The Labute approximate surface area is 93.7 Å². The first kappa shape index (κ1) is 10.3. The maximum absolute atomic E-state index is 5.90. The number of halogens is 1. The number of hydrogen-bond donors (Lipinski definition) is 1. The van der Waals surface area contributed by atoms with Crippen molar-refractivity contribution < 1.29 is 4.42 Å². The summed E-state index contributed by atoms with van der Waals surface area (Å²) in [5.74, 6) is 1.58. The maximum Gasteiger partial charge on any atom is 0.134 e. The van der Waals surface area contributed by atoms with Crippen molar-refractivity contribution in [2.45, 2.75) is 13.0 Å². The molecule has 0 bridgehead atoms. The smallest absolute Gasteiger partial charge is 0.134 e. The summed E-state index contributed by atoms with van der Waals surface area (Å²) in [6.45, 7) is 1.89. The standard InChI is InChI=1S/C12H12ClNO/c1-8(14)11-5-6-12(15-11)9-3-2-4-10(13)7-9/h2-8H,14H2,1H3. The lowest BCUT2D eigenvalue weighted by atomic mass is 10.2. The van der Waals surface area contributed by atoms with Crippen LogP contribution in [0.15, 0.2) is 40.8 Å². The van der Waals surface area contributed by atoms with E-state index < -0.39 is 0 Å². The first-order valence-corrected chi connectivity index (χ1v) is 5.16. The second-order valence-electron chi connectivity index (χ2n) is 3.50. The van der Waals surface area contributed by atoms with E-state index in [-0.39, 0.29) is 6.04 Å². The summed E-state index contributed by atoms with van der Waals surface area (Å²) < 4.78 is 5.60. The fraction of sp³-hybridized carbons (Fsp3) is 0.167. The first-order chi connectivity index (χ1) is 7.16. The van der Waals surface area contributed by atoms with Gasteiger partial charge in [-0.1, -0.05) is 23.7 Å². The van der Waals surface area contributed by atoms with Crippen LogP contribution in [0.2, 0.25) is 5.02 Å². The summed E-state index contributed by atoms with van der Waals surface area (Å²) in [5, 5.41) is 0.700. The molecule has 1 heterocycles. The minimum absolute atomic E-state index is 0.0852. The predicted molar refractivity (Wildman–Crippen MR) is 61.8 cm³/mol. The average Bonchev–Trinajstić information content (AvgIpc) is 2.66. The number of hydrogen-bond acceptors (Lipinski definition) is 2. The summed E-state index contributed by atoms with van der Waals surface area (Å²) in [4.78, 5) is 0. The van der Waals surface area contributed by atoms with Gasteiger partial charge in [0.2, 0.25) is 0 Å². The molecule has 2 aromatic rings. The highest BCUT2D eigenvalue weighted by atomic mass is 35.5. The van der Waals surface area contributed by atoms with Crippen LogP contribution in [-0.4, -0.2) is 0 Å². The normalized spacial score (nSPS) is 12.7. The molecule has 78 valence electrons. The van der Waals surface area contributed by atoms with Gasteiger partial charge in [-0.2, -0.15) is 0 Å². The van der Waals surface area contributed by atoms with E-state index in [2.05, 4.69) is 0 Å². The molecular formula is C12H12ClNO. The van der Waals surface area contributed by atoms with E-state index in [1.807, 2.05) is 43.3 Å². The third kappa shape index (κ3) is 2.22. The molecule has 2 nitrogen and oxygen atoms in total. The van der Waals surface area contributed by atoms with E-state index in [1.54, 1.807) is 0 Å². The SMILES string of the molecule is CC(N)c1ccc(-c2cccc(Cl)c2)o1. The van der Waals surface area contributed by atoms with Crippen molar-refractivity contribution >= 4 is 11.6 Å². The Morgan fingerprint density at radius 2 is 2.07 bits per heavy atom. The van der Waals surface area contributed by atoms with Gasteiger partial charge >= 0.3 is 0 Å². The van der Waals surface area contributed by atoms with Crippen molar-refractivity contribution in [3.63, 3.8) is 0 Å². The van der Waals surface area contributed by atoms with E-state index in [9.17, 15) is 0 Å². The van der Waals surface area contributed by atoms with Gasteiger partial charge in [0, 0.05) is 10.6 Å². The molecule has 0 spiro atoms. The molecule has 1 unspecified atom stereocenters. The predicted octanol–water partition coefficient (Wildman–Crippen LogP) is 3.62. The van der Waals surface area contributed by atoms with Gasteiger partial charge in [0.15, 0.2) is 0 Å². The molecule has 1 aromatic carbocycles. The number of nitrogens with two attached hydrogens (primary N) is 1. The van der Waals surface area contributed by atoms with Crippen molar-refractivity contribution in [1.29, 1.82) is 0 Å². The summed E-state index contributed by atoms with van der Waals surface area (Å²) in [6.07, 6.45) is 0. The van der Waals surface area contributed by atoms with Crippen LogP contribution >= 0.6 is 11.6 Å². The third-order valence-electron chi connectivity index (χ3n) is 2.18. The first-order valence-electron chi connectivity index (χ1n) is 4.78. The second-order valence-corrected chi connectivity index (χ2v) is 3.94. The second kappa shape index (κ2) is 4.09. The number of rotatable bonds is 2. The average molecular weight is 222 g/mol. The monoisotopic (exact) mass is 221 g/mol. The molecule has 0 saturated heterocycles. The van der Waals surface area contributed by atoms with E-state index in [0.717, 1.165) is 17.1 Å². The molecule has 1 aromatic heterocycles. The van der Waals surface area contributed by atoms with Gasteiger partial charge in [0.05, 0.1) is 6.04 Å². The fourth-order valence-electron chi connectivity index (χ4n) is 1.39. The Morgan fingerprint density at radius 1 is 1.27 bits per heavy atom. The molecule has 0 aliphatic rings. The summed E-state index contributed by atoms with van der Waals surface area (Å²) in [5.41, 5.74) is 6.68. The highest BCUT2D eigenvalue weighted by molar-refractivity contribution is 6.30. The highest BCUT2D eigenvalue weighted by Crippen LogP contribution is 2.26. The quantitative estimate of drug-likeness (QED) is 0.841. The molecule has 1 atom stereocenters. The third-order valence-corrected chi connectivity index (χ3v) is 2.42. The van der Waals surface area contributed by atoms with Crippen molar-refractivity contribution in [1.82, 2.24) is 0 Å².